The molecule has 2 aromatic carbocycles. The van der Waals surface area contributed by atoms with Gasteiger partial charge < -0.3 is 9.47 Å². The Hall–Kier alpha value is -2.84. The van der Waals surface area contributed by atoms with Crippen LogP contribution >= 0.6 is 0 Å². The molecule has 2 aliphatic rings. The molecule has 18 heteroatoms. The minimum Gasteiger partial charge on any atom is -0.494 e. The molecule has 2 N–H and O–H groups in total. The summed E-state index contributed by atoms with van der Waals surface area (Å²) in [5.41, 5.74) is 0. The number of hydrogen-bond acceptors (Lipinski definition) is 10. The Kier molecular flexibility index (Phi) is 13.4. The molecule has 2 atom stereocenters. The lowest BCUT2D eigenvalue weighted by Gasteiger charge is -2.32. The number of benzene rings is 2. The molecule has 2 heterocycles. The highest BCUT2D eigenvalue weighted by atomic mass is 32.2. The lowest BCUT2D eigenvalue weighted by molar-refractivity contribution is 0.267. The van der Waals surface area contributed by atoms with Crippen molar-refractivity contribution in [2.24, 2.45) is 11.8 Å². The lowest BCUT2D eigenvalue weighted by atomic mass is 10.0. The van der Waals surface area contributed by atoms with Crippen LogP contribution in [0.15, 0.2) is 81.8 Å². The Balaban J connectivity index is 1.27. The molecule has 0 amide bonds. The maximum Gasteiger partial charge on any atom is 0.243 e. The molecule has 2 fully saturated rings. The zero-order chi connectivity index (χ0) is 35.7. The Bertz CT molecular complexity index is 1900. The molecule has 0 spiro atoms. The first-order chi connectivity index (χ1) is 23.1. The van der Waals surface area contributed by atoms with Gasteiger partial charge in [-0.2, -0.15) is 8.61 Å². The number of rotatable bonds is 17. The fourth-order valence-corrected chi connectivity index (χ4v) is 10.2. The topological polar surface area (TPSA) is 186 Å². The quantitative estimate of drug-likeness (QED) is 0.243. The molecular formula is C31H44N4O10S4. The van der Waals surface area contributed by atoms with Gasteiger partial charge in [-0.3, -0.25) is 0 Å². The van der Waals surface area contributed by atoms with E-state index in [9.17, 15) is 33.7 Å². The Morgan fingerprint density at radius 1 is 0.755 bits per heavy atom. The third-order valence-electron chi connectivity index (χ3n) is 8.17. The maximum atomic E-state index is 13.4. The standard InChI is InChI=1S/C31H44N4O10S4/c1-3-44-28-13-15-30(16-14-28)48(40,41)34-17-6-10-27(24-34)23-33-47(38,39)20-8-19-45-29-11-5-12-31(21-29)49(42,43)35-18-7-9-26(25-35)22-32-46(36,37)4-2/h4-5,8,11-16,20-21,26-27,32-33H,2-3,6-7,9-10,17-19,22-25H2,1H3/b20-8+. The molecule has 2 aliphatic heterocycles. The second-order valence-electron chi connectivity index (χ2n) is 11.8. The van der Waals surface area contributed by atoms with Crippen LogP contribution in [-0.4, -0.2) is 94.8 Å². The van der Waals surface area contributed by atoms with Crippen LogP contribution in [0, 0.1) is 11.8 Å². The van der Waals surface area contributed by atoms with Gasteiger partial charge in [-0.05, 0) is 86.9 Å². The summed E-state index contributed by atoms with van der Waals surface area (Å²) in [5, 5.41) is 1.77. The van der Waals surface area contributed by atoms with E-state index in [1.54, 1.807) is 18.2 Å². The molecule has 0 saturated carbocycles. The number of piperidine rings is 2. The summed E-state index contributed by atoms with van der Waals surface area (Å²) in [5.74, 6) is 0.375. The third kappa shape index (κ3) is 11.1. The Labute approximate surface area is 290 Å². The average Bonchev–Trinajstić information content (AvgIpc) is 3.09. The Morgan fingerprint density at radius 2 is 1.33 bits per heavy atom. The second kappa shape index (κ2) is 16.9. The van der Waals surface area contributed by atoms with Crippen molar-refractivity contribution >= 4 is 40.1 Å². The van der Waals surface area contributed by atoms with Crippen LogP contribution in [0.4, 0.5) is 0 Å². The number of sulfonamides is 4. The van der Waals surface area contributed by atoms with Gasteiger partial charge >= 0.3 is 0 Å². The van der Waals surface area contributed by atoms with E-state index in [0.717, 1.165) is 10.8 Å². The van der Waals surface area contributed by atoms with Crippen LogP contribution in [0.2, 0.25) is 0 Å². The van der Waals surface area contributed by atoms with Crippen molar-refractivity contribution < 1.29 is 43.1 Å². The van der Waals surface area contributed by atoms with Crippen LogP contribution in [0.25, 0.3) is 0 Å². The molecule has 2 aromatic rings. The lowest BCUT2D eigenvalue weighted by Crippen LogP contribution is -2.43. The highest BCUT2D eigenvalue weighted by Gasteiger charge is 2.32. The minimum atomic E-state index is -3.90. The van der Waals surface area contributed by atoms with Crippen LogP contribution in [0.1, 0.15) is 32.6 Å². The van der Waals surface area contributed by atoms with Gasteiger partial charge in [-0.1, -0.05) is 12.6 Å². The van der Waals surface area contributed by atoms with Gasteiger partial charge in [0.1, 0.15) is 18.1 Å². The van der Waals surface area contributed by atoms with Crippen molar-refractivity contribution in [1.29, 1.82) is 0 Å². The summed E-state index contributed by atoms with van der Waals surface area (Å²) in [6.07, 6.45) is 3.79. The predicted octanol–water partition coefficient (Wildman–Crippen LogP) is 2.46. The van der Waals surface area contributed by atoms with Crippen LogP contribution in [0.5, 0.6) is 11.5 Å². The van der Waals surface area contributed by atoms with Gasteiger partial charge in [0.15, 0.2) is 0 Å². The van der Waals surface area contributed by atoms with Gasteiger partial charge in [0.2, 0.25) is 40.1 Å². The fraction of sp³-hybridized carbons (Fsp3) is 0.484. The highest BCUT2D eigenvalue weighted by Crippen LogP contribution is 2.27. The van der Waals surface area contributed by atoms with Gasteiger partial charge in [0.25, 0.3) is 0 Å². The predicted molar refractivity (Wildman–Crippen MR) is 186 cm³/mol. The van der Waals surface area contributed by atoms with Crippen LogP contribution in [-0.2, 0) is 40.1 Å². The molecule has 272 valence electrons. The first-order valence-electron chi connectivity index (χ1n) is 15.9. The maximum absolute atomic E-state index is 13.4. The fourth-order valence-electron chi connectivity index (χ4n) is 5.61. The van der Waals surface area contributed by atoms with Crippen molar-refractivity contribution in [3.63, 3.8) is 0 Å². The molecule has 0 aliphatic carbocycles. The van der Waals surface area contributed by atoms with Crippen molar-refractivity contribution in [2.75, 3.05) is 52.5 Å². The zero-order valence-corrected chi connectivity index (χ0v) is 30.6. The average molecular weight is 761 g/mol. The van der Waals surface area contributed by atoms with Crippen LogP contribution < -0.4 is 18.9 Å². The summed E-state index contributed by atoms with van der Waals surface area (Å²) in [6.45, 7) is 6.53. The van der Waals surface area contributed by atoms with Crippen molar-refractivity contribution in [3.8, 4) is 11.5 Å². The monoisotopic (exact) mass is 760 g/mol. The number of nitrogens with one attached hydrogen (secondary N) is 2. The molecule has 2 unspecified atom stereocenters. The van der Waals surface area contributed by atoms with E-state index >= 15 is 0 Å². The molecule has 14 nitrogen and oxygen atoms in total. The van der Waals surface area contributed by atoms with E-state index in [4.69, 9.17) is 9.47 Å². The summed E-state index contributed by atoms with van der Waals surface area (Å²) in [7, 11) is -15.1. The zero-order valence-electron chi connectivity index (χ0n) is 27.3. The molecule has 0 bridgehead atoms. The molecular weight excluding hydrogens is 717 g/mol. The summed E-state index contributed by atoms with van der Waals surface area (Å²) in [6, 6.07) is 12.1. The normalized spacial score (nSPS) is 20.3. The van der Waals surface area contributed by atoms with Crippen LogP contribution in [0.3, 0.4) is 0 Å². The first kappa shape index (κ1) is 39.0. The van der Waals surface area contributed by atoms with E-state index in [2.05, 4.69) is 16.0 Å². The molecule has 4 rings (SSSR count). The summed E-state index contributed by atoms with van der Waals surface area (Å²) < 4.78 is 120. The van der Waals surface area contributed by atoms with Gasteiger partial charge in [0, 0.05) is 56.2 Å². The smallest absolute Gasteiger partial charge is 0.243 e. The van der Waals surface area contributed by atoms with E-state index in [-0.39, 0.29) is 60.2 Å². The molecule has 0 radical (unpaired) electrons. The molecule has 0 aromatic heterocycles. The van der Waals surface area contributed by atoms with Gasteiger partial charge in [-0.25, -0.2) is 43.1 Å². The first-order valence-corrected chi connectivity index (χ1v) is 21.9. The summed E-state index contributed by atoms with van der Waals surface area (Å²) in [4.78, 5) is 0.150. The Morgan fingerprint density at radius 3 is 1.90 bits per heavy atom. The van der Waals surface area contributed by atoms with E-state index in [1.165, 1.54) is 45.0 Å². The number of hydrogen-bond donors (Lipinski definition) is 2. The number of ether oxygens (including phenoxy) is 2. The van der Waals surface area contributed by atoms with Gasteiger partial charge in [0.05, 0.1) is 16.4 Å². The van der Waals surface area contributed by atoms with Crippen molar-refractivity contribution in [1.82, 2.24) is 18.1 Å². The molecule has 49 heavy (non-hydrogen) atoms. The minimum absolute atomic E-state index is 0.00153. The summed E-state index contributed by atoms with van der Waals surface area (Å²) >= 11 is 0. The largest absolute Gasteiger partial charge is 0.494 e. The van der Waals surface area contributed by atoms with Crippen molar-refractivity contribution in [2.45, 2.75) is 42.4 Å². The SMILES string of the molecule is C=CS(=O)(=O)NCC1CCCN(S(=O)(=O)c2cccc(OC/C=C/S(=O)(=O)NCC3CCCN(S(=O)(=O)c4ccc(OCC)cc4)C3)c2)C1. The van der Waals surface area contributed by atoms with E-state index in [1.807, 2.05) is 6.92 Å². The van der Waals surface area contributed by atoms with Gasteiger partial charge in [-0.15, -0.1) is 0 Å². The molecule has 2 saturated heterocycles. The third-order valence-corrected chi connectivity index (χ3v) is 14.0. The number of nitrogens with zero attached hydrogens (tertiary/aromatic N) is 2. The van der Waals surface area contributed by atoms with E-state index < -0.39 is 40.1 Å². The van der Waals surface area contributed by atoms with E-state index in [0.29, 0.717) is 51.1 Å². The highest BCUT2D eigenvalue weighted by molar-refractivity contribution is 7.92. The van der Waals surface area contributed by atoms with Crippen molar-refractivity contribution in [3.05, 3.63) is 72.0 Å². The second-order valence-corrected chi connectivity index (χ2v) is 19.0.